The van der Waals surface area contributed by atoms with Gasteiger partial charge in [0.15, 0.2) is 0 Å². The van der Waals surface area contributed by atoms with E-state index in [2.05, 4.69) is 6.07 Å². The summed E-state index contributed by atoms with van der Waals surface area (Å²) in [6.45, 7) is 2.53. The van der Waals surface area contributed by atoms with Crippen molar-refractivity contribution in [3.63, 3.8) is 0 Å². The van der Waals surface area contributed by atoms with Crippen molar-refractivity contribution in [1.82, 2.24) is 4.90 Å². The Kier molecular flexibility index (Phi) is 3.75. The highest BCUT2D eigenvalue weighted by atomic mass is 16.2. The molecule has 0 fully saturated rings. The van der Waals surface area contributed by atoms with Crippen LogP contribution in [0.4, 0.5) is 16.2 Å². The highest BCUT2D eigenvalue weighted by Gasteiger charge is 2.29. The van der Waals surface area contributed by atoms with Crippen LogP contribution in [0.1, 0.15) is 11.1 Å². The Morgan fingerprint density at radius 2 is 1.29 bits per heavy atom. The lowest BCUT2D eigenvalue weighted by molar-refractivity contribution is 0.221. The van der Waals surface area contributed by atoms with Crippen molar-refractivity contribution in [2.24, 2.45) is 0 Å². The molecule has 1 aliphatic heterocycles. The van der Waals surface area contributed by atoms with E-state index in [0.29, 0.717) is 6.54 Å². The predicted octanol–water partition coefficient (Wildman–Crippen LogP) is 4.97. The van der Waals surface area contributed by atoms with Crippen LogP contribution < -0.4 is 4.90 Å². The first-order valence-corrected chi connectivity index (χ1v) is 7.96. The quantitative estimate of drug-likeness (QED) is 0.655. The van der Waals surface area contributed by atoms with E-state index in [4.69, 9.17) is 0 Å². The van der Waals surface area contributed by atoms with E-state index in [9.17, 15) is 4.79 Å². The first-order chi connectivity index (χ1) is 11.8. The summed E-state index contributed by atoms with van der Waals surface area (Å²) < 4.78 is 0. The summed E-state index contributed by atoms with van der Waals surface area (Å²) in [5.74, 6) is 0. The van der Waals surface area contributed by atoms with Crippen molar-refractivity contribution in [2.75, 3.05) is 4.90 Å². The molecule has 1 aliphatic rings. The fourth-order valence-corrected chi connectivity index (χ4v) is 2.98. The number of fused-ring (bicyclic) bond motifs is 1. The normalized spacial score (nSPS) is 12.8. The molecule has 117 valence electrons. The van der Waals surface area contributed by atoms with Crippen molar-refractivity contribution in [1.29, 1.82) is 0 Å². The average Bonchev–Trinajstić information content (AvgIpc) is 3.08. The van der Waals surface area contributed by atoms with Gasteiger partial charge in [-0.05, 0) is 35.4 Å². The molecule has 0 saturated carbocycles. The third-order valence-corrected chi connectivity index (χ3v) is 4.16. The van der Waals surface area contributed by atoms with Gasteiger partial charge in [-0.3, -0.25) is 4.90 Å². The van der Waals surface area contributed by atoms with Crippen molar-refractivity contribution in [3.05, 3.63) is 103 Å². The van der Waals surface area contributed by atoms with Gasteiger partial charge in [0.25, 0.3) is 0 Å². The number of para-hydroxylation sites is 2. The molecule has 3 aromatic carbocycles. The minimum Gasteiger partial charge on any atom is -0.310 e. The van der Waals surface area contributed by atoms with Gasteiger partial charge in [0, 0.05) is 6.54 Å². The van der Waals surface area contributed by atoms with E-state index < -0.39 is 0 Å². The first-order valence-electron chi connectivity index (χ1n) is 7.96. The highest BCUT2D eigenvalue weighted by Crippen LogP contribution is 2.31. The predicted molar refractivity (Wildman–Crippen MR) is 95.8 cm³/mol. The summed E-state index contributed by atoms with van der Waals surface area (Å²) in [7, 11) is 0. The molecule has 1 radical (unpaired) electrons. The number of carbonyl (C=O) groups excluding carboxylic acids is 1. The number of benzene rings is 3. The van der Waals surface area contributed by atoms with Crippen molar-refractivity contribution in [2.45, 2.75) is 6.54 Å². The maximum absolute atomic E-state index is 13.2. The highest BCUT2D eigenvalue weighted by molar-refractivity contribution is 6.00. The van der Waals surface area contributed by atoms with Crippen molar-refractivity contribution < 1.29 is 4.79 Å². The summed E-state index contributed by atoms with van der Waals surface area (Å²) in [5.41, 5.74) is 4.00. The number of rotatable bonds is 2. The molecule has 0 unspecified atom stereocenters. The standard InChI is InChI=1S/C21H17N2O/c24-21(22-15-17-9-7-8-10-18(17)16-22)23(19-11-3-1-4-12-19)20-13-5-2-6-14-20/h1-15H,16H2. The van der Waals surface area contributed by atoms with Gasteiger partial charge in [-0.1, -0.05) is 60.7 Å². The van der Waals surface area contributed by atoms with E-state index in [-0.39, 0.29) is 6.03 Å². The van der Waals surface area contributed by atoms with E-state index >= 15 is 0 Å². The molecule has 0 spiro atoms. The lowest BCUT2D eigenvalue weighted by atomic mass is 10.1. The van der Waals surface area contributed by atoms with Gasteiger partial charge in [-0.2, -0.15) is 0 Å². The zero-order valence-corrected chi connectivity index (χ0v) is 13.2. The minimum absolute atomic E-state index is 0.0522. The van der Waals surface area contributed by atoms with Gasteiger partial charge in [-0.15, -0.1) is 0 Å². The fraction of sp³-hybridized carbons (Fsp3) is 0.0476. The Labute approximate surface area is 141 Å². The first kappa shape index (κ1) is 14.5. The lowest BCUT2D eigenvalue weighted by Crippen LogP contribution is -2.37. The van der Waals surface area contributed by atoms with Crippen LogP contribution in [0.3, 0.4) is 0 Å². The van der Waals surface area contributed by atoms with Gasteiger partial charge in [0.1, 0.15) is 0 Å². The topological polar surface area (TPSA) is 23.6 Å². The molecule has 24 heavy (non-hydrogen) atoms. The number of nitrogens with zero attached hydrogens (tertiary/aromatic N) is 2. The zero-order chi connectivity index (χ0) is 16.4. The molecule has 3 nitrogen and oxygen atoms in total. The Balaban J connectivity index is 1.69. The second kappa shape index (κ2) is 6.20. The van der Waals surface area contributed by atoms with E-state index in [0.717, 1.165) is 16.9 Å². The van der Waals surface area contributed by atoms with Crippen LogP contribution in [0.5, 0.6) is 0 Å². The molecular formula is C21H17N2O. The lowest BCUT2D eigenvalue weighted by Gasteiger charge is -2.28. The molecule has 0 aliphatic carbocycles. The molecule has 1 heterocycles. The molecule has 0 N–H and O–H groups in total. The Morgan fingerprint density at radius 1 is 0.750 bits per heavy atom. The molecule has 0 aromatic heterocycles. The van der Waals surface area contributed by atoms with E-state index in [1.54, 1.807) is 9.80 Å². The van der Waals surface area contributed by atoms with E-state index in [1.165, 1.54) is 5.56 Å². The van der Waals surface area contributed by atoms with Crippen LogP contribution >= 0.6 is 0 Å². The Bertz CT molecular complexity index is 781. The van der Waals surface area contributed by atoms with Crippen LogP contribution in [-0.2, 0) is 6.54 Å². The largest absolute Gasteiger partial charge is 0.330 e. The van der Waals surface area contributed by atoms with Crippen LogP contribution in [0.2, 0.25) is 0 Å². The SMILES string of the molecule is O=C(N1[CH]c2ccccc2C1)N(c1ccccc1)c1ccccc1. The van der Waals surface area contributed by atoms with Crippen LogP contribution in [0, 0.1) is 6.54 Å². The molecule has 2 amide bonds. The second-order valence-electron chi connectivity index (χ2n) is 5.74. The molecular weight excluding hydrogens is 296 g/mol. The summed E-state index contributed by atoms with van der Waals surface area (Å²) in [6.07, 6.45) is 0. The monoisotopic (exact) mass is 313 g/mol. The van der Waals surface area contributed by atoms with Crippen LogP contribution in [-0.4, -0.2) is 10.9 Å². The molecule has 0 saturated heterocycles. The summed E-state index contributed by atoms with van der Waals surface area (Å²) >= 11 is 0. The van der Waals surface area contributed by atoms with Gasteiger partial charge in [-0.25, -0.2) is 4.79 Å². The zero-order valence-electron chi connectivity index (χ0n) is 13.2. The minimum atomic E-state index is -0.0522. The Morgan fingerprint density at radius 3 is 1.88 bits per heavy atom. The number of urea groups is 1. The molecule has 0 bridgehead atoms. The number of carbonyl (C=O) groups is 1. The number of hydrogen-bond acceptors (Lipinski definition) is 1. The molecule has 4 rings (SSSR count). The van der Waals surface area contributed by atoms with Crippen LogP contribution in [0.15, 0.2) is 84.9 Å². The fourth-order valence-electron chi connectivity index (χ4n) is 2.98. The molecule has 0 atom stereocenters. The van der Waals surface area contributed by atoms with Crippen molar-refractivity contribution >= 4 is 17.4 Å². The third kappa shape index (κ3) is 2.65. The van der Waals surface area contributed by atoms with Crippen molar-refractivity contribution in [3.8, 4) is 0 Å². The second-order valence-corrected chi connectivity index (χ2v) is 5.74. The summed E-state index contributed by atoms with van der Waals surface area (Å²) in [5, 5.41) is 0. The maximum Gasteiger partial charge on any atom is 0.330 e. The van der Waals surface area contributed by atoms with Gasteiger partial charge in [0.2, 0.25) is 0 Å². The number of anilines is 2. The summed E-state index contributed by atoms with van der Waals surface area (Å²) in [6, 6.07) is 27.6. The summed E-state index contributed by atoms with van der Waals surface area (Å²) in [4.78, 5) is 16.8. The van der Waals surface area contributed by atoms with E-state index in [1.807, 2.05) is 85.4 Å². The number of hydrogen-bond donors (Lipinski definition) is 0. The third-order valence-electron chi connectivity index (χ3n) is 4.16. The van der Waals surface area contributed by atoms with Crippen LogP contribution in [0.25, 0.3) is 0 Å². The smallest absolute Gasteiger partial charge is 0.310 e. The van der Waals surface area contributed by atoms with Gasteiger partial charge >= 0.3 is 6.03 Å². The van der Waals surface area contributed by atoms with Gasteiger partial charge in [0.05, 0.1) is 17.9 Å². The maximum atomic E-state index is 13.2. The Hall–Kier alpha value is -3.07. The average molecular weight is 313 g/mol. The van der Waals surface area contributed by atoms with Gasteiger partial charge < -0.3 is 4.90 Å². The molecule has 3 aromatic rings. The number of amides is 2. The molecule has 3 heteroatoms.